The van der Waals surface area contributed by atoms with Gasteiger partial charge in [0.2, 0.25) is 0 Å². The number of piperidine rings is 1. The van der Waals surface area contributed by atoms with Gasteiger partial charge < -0.3 is 10.6 Å². The molecule has 1 aliphatic rings. The Labute approximate surface area is 145 Å². The molecule has 2 atom stereocenters. The Morgan fingerprint density at radius 2 is 2.25 bits per heavy atom. The van der Waals surface area contributed by atoms with E-state index in [0.29, 0.717) is 12.1 Å². The number of nitrogens with zero attached hydrogens (tertiary/aromatic N) is 4. The summed E-state index contributed by atoms with van der Waals surface area (Å²) < 4.78 is 2.11. The van der Waals surface area contributed by atoms with E-state index in [2.05, 4.69) is 45.0 Å². The molecule has 1 fully saturated rings. The van der Waals surface area contributed by atoms with Crippen molar-refractivity contribution in [2.24, 2.45) is 0 Å². The van der Waals surface area contributed by atoms with Crippen LogP contribution in [0.15, 0.2) is 24.8 Å². The molecule has 0 spiro atoms. The van der Waals surface area contributed by atoms with Crippen LogP contribution >= 0.6 is 11.3 Å². The number of aryl methyl sites for hydroxylation is 1. The fourth-order valence-electron chi connectivity index (χ4n) is 3.07. The average Bonchev–Trinajstić information content (AvgIpc) is 3.17. The van der Waals surface area contributed by atoms with E-state index in [1.165, 1.54) is 11.3 Å². The predicted octanol–water partition coefficient (Wildman–Crippen LogP) is 2.97. The van der Waals surface area contributed by atoms with Crippen molar-refractivity contribution in [3.63, 3.8) is 0 Å². The van der Waals surface area contributed by atoms with E-state index in [1.807, 2.05) is 6.20 Å². The first-order chi connectivity index (χ1) is 11.7. The number of imidazole rings is 1. The number of rotatable bonds is 4. The fourth-order valence-corrected chi connectivity index (χ4v) is 3.97. The molecular formula is C17H22N6S. The lowest BCUT2D eigenvalue weighted by atomic mass is 10.0. The number of hydrogen-bond donors (Lipinski definition) is 2. The van der Waals surface area contributed by atoms with Crippen molar-refractivity contribution >= 4 is 22.1 Å². The molecule has 4 rings (SSSR count). The van der Waals surface area contributed by atoms with Gasteiger partial charge in [-0.15, -0.1) is 11.3 Å². The van der Waals surface area contributed by atoms with Gasteiger partial charge in [-0.3, -0.25) is 9.38 Å². The molecule has 24 heavy (non-hydrogen) atoms. The van der Waals surface area contributed by atoms with Crippen LogP contribution in [0.4, 0.5) is 5.82 Å². The van der Waals surface area contributed by atoms with Crippen LogP contribution in [0.1, 0.15) is 31.6 Å². The highest BCUT2D eigenvalue weighted by atomic mass is 32.1. The summed E-state index contributed by atoms with van der Waals surface area (Å²) >= 11 is 1.73. The summed E-state index contributed by atoms with van der Waals surface area (Å²) in [4.78, 5) is 16.0. The van der Waals surface area contributed by atoms with Crippen LogP contribution in [0.5, 0.6) is 0 Å². The highest BCUT2D eigenvalue weighted by Gasteiger charge is 2.18. The monoisotopic (exact) mass is 342 g/mol. The smallest absolute Gasteiger partial charge is 0.194 e. The first-order valence-corrected chi connectivity index (χ1v) is 9.32. The van der Waals surface area contributed by atoms with Crippen LogP contribution in [0.2, 0.25) is 0 Å². The maximum absolute atomic E-state index is 4.76. The lowest BCUT2D eigenvalue weighted by molar-refractivity contribution is 0.398. The van der Waals surface area contributed by atoms with Crippen molar-refractivity contribution in [3.05, 3.63) is 29.7 Å². The molecule has 1 aliphatic heterocycles. The molecule has 0 bridgehead atoms. The zero-order chi connectivity index (χ0) is 16.5. The summed E-state index contributed by atoms with van der Waals surface area (Å²) in [5.74, 6) is 0.828. The predicted molar refractivity (Wildman–Crippen MR) is 97.6 cm³/mol. The molecule has 4 heterocycles. The third-order valence-electron chi connectivity index (χ3n) is 4.52. The Morgan fingerprint density at radius 3 is 3.04 bits per heavy atom. The molecule has 0 radical (unpaired) electrons. The van der Waals surface area contributed by atoms with Crippen molar-refractivity contribution in [2.75, 3.05) is 11.9 Å². The number of anilines is 1. The Balaban J connectivity index is 1.58. The van der Waals surface area contributed by atoms with Gasteiger partial charge in [-0.2, -0.15) is 0 Å². The first kappa shape index (κ1) is 15.5. The second-order valence-electron chi connectivity index (χ2n) is 6.36. The number of hydrogen-bond acceptors (Lipinski definition) is 6. The van der Waals surface area contributed by atoms with Crippen molar-refractivity contribution in [1.82, 2.24) is 24.7 Å². The van der Waals surface area contributed by atoms with Crippen molar-refractivity contribution in [3.8, 4) is 11.4 Å². The Hall–Kier alpha value is -1.99. The number of nitrogens with one attached hydrogen (secondary N) is 2. The Morgan fingerprint density at radius 1 is 1.33 bits per heavy atom. The van der Waals surface area contributed by atoms with Crippen LogP contribution in [0.25, 0.3) is 16.3 Å². The van der Waals surface area contributed by atoms with E-state index in [1.54, 1.807) is 23.7 Å². The molecular weight excluding hydrogens is 320 g/mol. The standard InChI is InChI=1S/C17H22N6S/c1-3-13-10-23-15(8-20-17(23)24-13)14-7-18-9-16(22-14)21-12-5-4-11(2)19-6-12/h7-12,19H,3-6H2,1-2H3,(H,21,22)/t11-,12-/m1/s1. The summed E-state index contributed by atoms with van der Waals surface area (Å²) in [7, 11) is 0. The van der Waals surface area contributed by atoms with Crippen LogP contribution in [0, 0.1) is 0 Å². The molecule has 2 N–H and O–H groups in total. The van der Waals surface area contributed by atoms with Gasteiger partial charge in [-0.1, -0.05) is 6.92 Å². The molecule has 0 aliphatic carbocycles. The summed E-state index contributed by atoms with van der Waals surface area (Å²) in [6.45, 7) is 5.36. The third kappa shape index (κ3) is 3.01. The average molecular weight is 342 g/mol. The summed E-state index contributed by atoms with van der Waals surface area (Å²) in [5.41, 5.74) is 1.84. The largest absolute Gasteiger partial charge is 0.365 e. The zero-order valence-corrected chi connectivity index (χ0v) is 14.8. The highest BCUT2D eigenvalue weighted by Crippen LogP contribution is 2.25. The van der Waals surface area contributed by atoms with Crippen molar-refractivity contribution in [2.45, 2.75) is 45.2 Å². The highest BCUT2D eigenvalue weighted by molar-refractivity contribution is 7.17. The van der Waals surface area contributed by atoms with Crippen molar-refractivity contribution in [1.29, 1.82) is 0 Å². The normalized spacial score (nSPS) is 21.2. The number of thiazole rings is 1. The minimum atomic E-state index is 0.407. The van der Waals surface area contributed by atoms with Crippen LogP contribution in [-0.4, -0.2) is 38.0 Å². The second kappa shape index (κ2) is 6.49. The maximum atomic E-state index is 4.76. The van der Waals surface area contributed by atoms with Gasteiger partial charge in [0.1, 0.15) is 11.5 Å². The molecule has 7 heteroatoms. The topological polar surface area (TPSA) is 67.1 Å². The number of fused-ring (bicyclic) bond motifs is 1. The fraction of sp³-hybridized carbons (Fsp3) is 0.471. The quantitative estimate of drug-likeness (QED) is 0.763. The van der Waals surface area contributed by atoms with Gasteiger partial charge in [0, 0.05) is 29.7 Å². The number of aromatic nitrogens is 4. The Kier molecular flexibility index (Phi) is 4.20. The molecule has 6 nitrogen and oxygen atoms in total. The van der Waals surface area contributed by atoms with Gasteiger partial charge in [-0.25, -0.2) is 9.97 Å². The molecule has 3 aromatic heterocycles. The van der Waals surface area contributed by atoms with Gasteiger partial charge in [0.05, 0.1) is 24.3 Å². The van der Waals surface area contributed by atoms with Gasteiger partial charge in [0.25, 0.3) is 0 Å². The maximum Gasteiger partial charge on any atom is 0.194 e. The van der Waals surface area contributed by atoms with Gasteiger partial charge >= 0.3 is 0 Å². The van der Waals surface area contributed by atoms with Crippen molar-refractivity contribution < 1.29 is 0 Å². The molecule has 3 aromatic rings. The second-order valence-corrected chi connectivity index (χ2v) is 7.46. The van der Waals surface area contributed by atoms with E-state index < -0.39 is 0 Å². The Bertz CT molecular complexity index is 831. The molecule has 1 saturated heterocycles. The zero-order valence-electron chi connectivity index (χ0n) is 14.0. The van der Waals surface area contributed by atoms with E-state index in [0.717, 1.165) is 41.6 Å². The van der Waals surface area contributed by atoms with Crippen LogP contribution in [0.3, 0.4) is 0 Å². The summed E-state index contributed by atoms with van der Waals surface area (Å²) in [6, 6.07) is 1.01. The lowest BCUT2D eigenvalue weighted by Gasteiger charge is -2.28. The van der Waals surface area contributed by atoms with Gasteiger partial charge in [-0.05, 0) is 26.2 Å². The van der Waals surface area contributed by atoms with Crippen LogP contribution < -0.4 is 10.6 Å². The van der Waals surface area contributed by atoms with E-state index in [-0.39, 0.29) is 0 Å². The van der Waals surface area contributed by atoms with E-state index in [9.17, 15) is 0 Å². The molecule has 0 unspecified atom stereocenters. The molecule has 0 saturated carbocycles. The van der Waals surface area contributed by atoms with E-state index >= 15 is 0 Å². The molecule has 0 amide bonds. The first-order valence-electron chi connectivity index (χ1n) is 8.51. The van der Waals surface area contributed by atoms with Crippen LogP contribution in [-0.2, 0) is 6.42 Å². The minimum Gasteiger partial charge on any atom is -0.365 e. The molecule has 126 valence electrons. The lowest BCUT2D eigenvalue weighted by Crippen LogP contribution is -2.43. The SMILES string of the molecule is CCc1cn2c(-c3cncc(N[C@@H]4CC[C@@H](C)NC4)n3)cnc2s1. The van der Waals surface area contributed by atoms with E-state index in [4.69, 9.17) is 4.98 Å². The van der Waals surface area contributed by atoms with Gasteiger partial charge in [0.15, 0.2) is 4.96 Å². The molecule has 0 aromatic carbocycles. The summed E-state index contributed by atoms with van der Waals surface area (Å²) in [5, 5.41) is 7.01. The third-order valence-corrected chi connectivity index (χ3v) is 5.66. The minimum absolute atomic E-state index is 0.407. The summed E-state index contributed by atoms with van der Waals surface area (Å²) in [6.07, 6.45) is 11.0.